The maximum absolute atomic E-state index is 11.9. The lowest BCUT2D eigenvalue weighted by atomic mass is 10.2. The molecule has 110 valence electrons. The van der Waals surface area contributed by atoms with Gasteiger partial charge >= 0.3 is 0 Å². The van der Waals surface area contributed by atoms with Crippen molar-refractivity contribution in [2.75, 3.05) is 22.8 Å². The summed E-state index contributed by atoms with van der Waals surface area (Å²) in [5, 5.41) is 6.08. The van der Waals surface area contributed by atoms with E-state index in [0.717, 1.165) is 25.6 Å². The molecule has 1 aliphatic heterocycles. The predicted molar refractivity (Wildman–Crippen MR) is 79.6 cm³/mol. The van der Waals surface area contributed by atoms with Crippen LogP contribution in [-0.2, 0) is 14.8 Å². The SMILES string of the molecule is CS(=O)(=O)Nc1ccc(NC(=O)[C@H]2CCCN2)cc1Cl. The molecule has 1 atom stereocenters. The van der Waals surface area contributed by atoms with Crippen LogP contribution in [0.15, 0.2) is 18.2 Å². The lowest BCUT2D eigenvalue weighted by molar-refractivity contribution is -0.117. The smallest absolute Gasteiger partial charge is 0.241 e. The molecule has 1 fully saturated rings. The first-order chi connectivity index (χ1) is 9.35. The van der Waals surface area contributed by atoms with Gasteiger partial charge in [0.2, 0.25) is 15.9 Å². The molecule has 0 unspecified atom stereocenters. The lowest BCUT2D eigenvalue weighted by Crippen LogP contribution is -2.35. The largest absolute Gasteiger partial charge is 0.325 e. The number of hydrogen-bond acceptors (Lipinski definition) is 4. The zero-order chi connectivity index (χ0) is 14.8. The second-order valence-corrected chi connectivity index (χ2v) is 6.86. The number of amides is 1. The highest BCUT2D eigenvalue weighted by atomic mass is 35.5. The molecule has 8 heteroatoms. The summed E-state index contributed by atoms with van der Waals surface area (Å²) in [6, 6.07) is 4.46. The topological polar surface area (TPSA) is 87.3 Å². The van der Waals surface area contributed by atoms with E-state index in [4.69, 9.17) is 11.6 Å². The van der Waals surface area contributed by atoms with Crippen LogP contribution < -0.4 is 15.4 Å². The predicted octanol–water partition coefficient (Wildman–Crippen LogP) is 1.40. The Morgan fingerprint density at radius 1 is 1.45 bits per heavy atom. The molecule has 1 aromatic carbocycles. The van der Waals surface area contributed by atoms with Gasteiger partial charge in [0.15, 0.2) is 0 Å². The normalized spacial score (nSPS) is 18.8. The van der Waals surface area contributed by atoms with E-state index < -0.39 is 10.0 Å². The van der Waals surface area contributed by atoms with Gasteiger partial charge in [0.25, 0.3) is 0 Å². The van der Waals surface area contributed by atoms with E-state index in [2.05, 4.69) is 15.4 Å². The van der Waals surface area contributed by atoms with Crippen LogP contribution in [0.3, 0.4) is 0 Å². The van der Waals surface area contributed by atoms with Crippen molar-refractivity contribution < 1.29 is 13.2 Å². The standard InChI is InChI=1S/C12H16ClN3O3S/c1-20(18,19)16-10-5-4-8(7-9(10)13)15-12(17)11-3-2-6-14-11/h4-5,7,11,14,16H,2-3,6H2,1H3,(H,15,17)/t11-/m1/s1. The van der Waals surface area contributed by atoms with E-state index >= 15 is 0 Å². The Hall–Kier alpha value is -1.31. The summed E-state index contributed by atoms with van der Waals surface area (Å²) in [4.78, 5) is 11.9. The maximum atomic E-state index is 11.9. The van der Waals surface area contributed by atoms with E-state index in [-0.39, 0.29) is 22.7 Å². The van der Waals surface area contributed by atoms with E-state index in [9.17, 15) is 13.2 Å². The first-order valence-electron chi connectivity index (χ1n) is 6.17. The van der Waals surface area contributed by atoms with Gasteiger partial charge < -0.3 is 10.6 Å². The highest BCUT2D eigenvalue weighted by molar-refractivity contribution is 7.92. The molecule has 0 spiro atoms. The molecule has 20 heavy (non-hydrogen) atoms. The summed E-state index contributed by atoms with van der Waals surface area (Å²) < 4.78 is 24.6. The molecule has 2 rings (SSSR count). The minimum absolute atomic E-state index is 0.109. The zero-order valence-electron chi connectivity index (χ0n) is 10.9. The Morgan fingerprint density at radius 2 is 2.20 bits per heavy atom. The molecule has 0 saturated carbocycles. The summed E-state index contributed by atoms with van der Waals surface area (Å²) >= 11 is 5.98. The highest BCUT2D eigenvalue weighted by Crippen LogP contribution is 2.26. The molecule has 1 saturated heterocycles. The Bertz CT molecular complexity index is 612. The van der Waals surface area contributed by atoms with E-state index in [0.29, 0.717) is 5.69 Å². The van der Waals surface area contributed by atoms with Crippen LogP contribution in [-0.4, -0.2) is 33.2 Å². The molecule has 1 heterocycles. The zero-order valence-corrected chi connectivity index (χ0v) is 12.5. The molecule has 6 nitrogen and oxygen atoms in total. The number of hydrogen-bond donors (Lipinski definition) is 3. The van der Waals surface area contributed by atoms with Crippen LogP contribution in [0, 0.1) is 0 Å². The van der Waals surface area contributed by atoms with Gasteiger partial charge in [-0.1, -0.05) is 11.6 Å². The second-order valence-electron chi connectivity index (χ2n) is 4.71. The fraction of sp³-hybridized carbons (Fsp3) is 0.417. The monoisotopic (exact) mass is 317 g/mol. The van der Waals surface area contributed by atoms with Crippen molar-refractivity contribution in [2.45, 2.75) is 18.9 Å². The van der Waals surface area contributed by atoms with E-state index in [1.54, 1.807) is 6.07 Å². The van der Waals surface area contributed by atoms with Gasteiger partial charge in [-0.25, -0.2) is 8.42 Å². The molecule has 1 aliphatic rings. The van der Waals surface area contributed by atoms with Crippen LogP contribution in [0.5, 0.6) is 0 Å². The van der Waals surface area contributed by atoms with Crippen LogP contribution in [0.1, 0.15) is 12.8 Å². The van der Waals surface area contributed by atoms with Crippen LogP contribution in [0.25, 0.3) is 0 Å². The van der Waals surface area contributed by atoms with Crippen molar-refractivity contribution in [1.29, 1.82) is 0 Å². The number of carbonyl (C=O) groups is 1. The van der Waals surface area contributed by atoms with Gasteiger partial charge in [-0.05, 0) is 37.6 Å². The second kappa shape index (κ2) is 5.99. The molecular weight excluding hydrogens is 302 g/mol. The molecule has 3 N–H and O–H groups in total. The molecule has 1 amide bonds. The minimum atomic E-state index is -3.38. The third kappa shape index (κ3) is 4.09. The molecule has 0 bridgehead atoms. The molecule has 0 aliphatic carbocycles. The summed E-state index contributed by atoms with van der Waals surface area (Å²) in [5.41, 5.74) is 0.818. The summed E-state index contributed by atoms with van der Waals surface area (Å²) in [6.45, 7) is 0.843. The summed E-state index contributed by atoms with van der Waals surface area (Å²) in [5.74, 6) is -0.109. The van der Waals surface area contributed by atoms with Crippen LogP contribution >= 0.6 is 11.6 Å². The molecule has 0 radical (unpaired) electrons. The average Bonchev–Trinajstić information content (AvgIpc) is 2.85. The summed E-state index contributed by atoms with van der Waals surface area (Å²) in [7, 11) is -3.38. The number of sulfonamides is 1. The number of rotatable bonds is 4. The quantitative estimate of drug-likeness (QED) is 0.783. The van der Waals surface area contributed by atoms with Gasteiger partial charge in [0, 0.05) is 5.69 Å². The van der Waals surface area contributed by atoms with Gasteiger partial charge in [0.1, 0.15) is 0 Å². The average molecular weight is 318 g/mol. The third-order valence-electron chi connectivity index (χ3n) is 2.91. The Labute approximate surface area is 122 Å². The number of benzene rings is 1. The van der Waals surface area contributed by atoms with Crippen molar-refractivity contribution in [2.24, 2.45) is 0 Å². The van der Waals surface area contributed by atoms with Crippen molar-refractivity contribution in [3.63, 3.8) is 0 Å². The number of anilines is 2. The Kier molecular flexibility index (Phi) is 4.52. The molecular formula is C12H16ClN3O3S. The van der Waals surface area contributed by atoms with Crippen molar-refractivity contribution in [3.8, 4) is 0 Å². The summed E-state index contributed by atoms with van der Waals surface area (Å²) in [6.07, 6.45) is 2.84. The fourth-order valence-electron chi connectivity index (χ4n) is 2.01. The first-order valence-corrected chi connectivity index (χ1v) is 8.44. The first kappa shape index (κ1) is 15.1. The third-order valence-corrected chi connectivity index (χ3v) is 3.81. The van der Waals surface area contributed by atoms with Crippen molar-refractivity contribution in [3.05, 3.63) is 23.2 Å². The van der Waals surface area contributed by atoms with E-state index in [1.807, 2.05) is 0 Å². The van der Waals surface area contributed by atoms with Crippen LogP contribution in [0.2, 0.25) is 5.02 Å². The maximum Gasteiger partial charge on any atom is 0.241 e. The van der Waals surface area contributed by atoms with Crippen LogP contribution in [0.4, 0.5) is 11.4 Å². The Balaban J connectivity index is 2.07. The number of carbonyl (C=O) groups excluding carboxylic acids is 1. The molecule has 0 aromatic heterocycles. The number of nitrogens with one attached hydrogen (secondary N) is 3. The van der Waals surface area contributed by atoms with Crippen molar-refractivity contribution >= 4 is 38.9 Å². The number of halogens is 1. The lowest BCUT2D eigenvalue weighted by Gasteiger charge is -2.12. The highest BCUT2D eigenvalue weighted by Gasteiger charge is 2.22. The fourth-order valence-corrected chi connectivity index (χ4v) is 2.87. The van der Waals surface area contributed by atoms with E-state index in [1.165, 1.54) is 12.1 Å². The van der Waals surface area contributed by atoms with Gasteiger partial charge in [0.05, 0.1) is 23.0 Å². The molecule has 1 aromatic rings. The Morgan fingerprint density at radius 3 is 2.75 bits per heavy atom. The van der Waals surface area contributed by atoms with Gasteiger partial charge in [-0.15, -0.1) is 0 Å². The van der Waals surface area contributed by atoms with Gasteiger partial charge in [-0.2, -0.15) is 0 Å². The minimum Gasteiger partial charge on any atom is -0.325 e. The van der Waals surface area contributed by atoms with Gasteiger partial charge in [-0.3, -0.25) is 9.52 Å². The van der Waals surface area contributed by atoms with Crippen molar-refractivity contribution in [1.82, 2.24) is 5.32 Å².